The molecule has 26 heavy (non-hydrogen) atoms. The molecule has 0 aromatic carbocycles. The van der Waals surface area contributed by atoms with Crippen LogP contribution in [0.2, 0.25) is 0 Å². The SMILES string of the molecule is CCCCCCCCN1C(SC/C=C(\C)Cl)=NC2C1C(=O)NC(=O)N2C. The van der Waals surface area contributed by atoms with E-state index in [2.05, 4.69) is 22.1 Å². The van der Waals surface area contributed by atoms with E-state index in [0.29, 0.717) is 5.75 Å². The first-order chi connectivity index (χ1) is 12.5. The van der Waals surface area contributed by atoms with E-state index in [-0.39, 0.29) is 11.9 Å². The Morgan fingerprint density at radius 2 is 1.96 bits per heavy atom. The molecule has 3 amide bonds. The lowest BCUT2D eigenvalue weighted by Gasteiger charge is -2.36. The van der Waals surface area contributed by atoms with Crippen molar-refractivity contribution >= 4 is 40.5 Å². The van der Waals surface area contributed by atoms with Crippen molar-refractivity contribution in [2.24, 2.45) is 4.99 Å². The standard InChI is InChI=1S/C18H29ClN4O2S/c1-4-5-6-7-8-9-11-23-14-15(22(3)17(25)21-16(14)24)20-18(23)26-12-10-13(2)19/h10,14-15H,4-9,11-12H2,1-3H3,(H,21,24,25)/b13-10+. The van der Waals surface area contributed by atoms with Crippen molar-refractivity contribution < 1.29 is 9.59 Å². The van der Waals surface area contributed by atoms with Crippen molar-refractivity contribution in [2.75, 3.05) is 19.3 Å². The number of likely N-dealkylation sites (N-methyl/N-ethyl adjacent to an activating group) is 1. The van der Waals surface area contributed by atoms with E-state index < -0.39 is 12.2 Å². The van der Waals surface area contributed by atoms with E-state index >= 15 is 0 Å². The maximum absolute atomic E-state index is 12.4. The maximum atomic E-state index is 12.4. The van der Waals surface area contributed by atoms with E-state index in [1.54, 1.807) is 18.8 Å². The van der Waals surface area contributed by atoms with Gasteiger partial charge in [-0.1, -0.05) is 68.5 Å². The molecule has 2 unspecified atom stereocenters. The average molecular weight is 401 g/mol. The molecule has 2 atom stereocenters. The number of carbonyl (C=O) groups is 2. The zero-order chi connectivity index (χ0) is 19.1. The van der Waals surface area contributed by atoms with Crippen molar-refractivity contribution in [1.82, 2.24) is 15.1 Å². The van der Waals surface area contributed by atoms with Gasteiger partial charge in [0, 0.05) is 24.4 Å². The fraction of sp³-hybridized carbons (Fsp3) is 0.722. The van der Waals surface area contributed by atoms with Crippen molar-refractivity contribution in [3.8, 4) is 0 Å². The zero-order valence-corrected chi connectivity index (χ0v) is 17.4. The highest BCUT2D eigenvalue weighted by atomic mass is 35.5. The summed E-state index contributed by atoms with van der Waals surface area (Å²) < 4.78 is 0. The molecule has 0 aliphatic carbocycles. The number of halogens is 1. The number of unbranched alkanes of at least 4 members (excludes halogenated alkanes) is 5. The second-order valence-electron chi connectivity index (χ2n) is 6.74. The lowest BCUT2D eigenvalue weighted by molar-refractivity contribution is -0.127. The summed E-state index contributed by atoms with van der Waals surface area (Å²) in [7, 11) is 1.68. The summed E-state index contributed by atoms with van der Waals surface area (Å²) in [5.74, 6) is 0.437. The first-order valence-corrected chi connectivity index (χ1v) is 10.7. The summed E-state index contributed by atoms with van der Waals surface area (Å²) in [6.07, 6.45) is 8.62. The molecule has 146 valence electrons. The molecular weight excluding hydrogens is 372 g/mol. The predicted molar refractivity (Wildman–Crippen MR) is 108 cm³/mol. The molecular formula is C18H29ClN4O2S. The first-order valence-electron chi connectivity index (χ1n) is 9.32. The van der Waals surface area contributed by atoms with Gasteiger partial charge in [0.25, 0.3) is 5.91 Å². The summed E-state index contributed by atoms with van der Waals surface area (Å²) in [5, 5.41) is 3.99. The number of fused-ring (bicyclic) bond motifs is 1. The van der Waals surface area contributed by atoms with Crippen LogP contribution in [0.25, 0.3) is 0 Å². The van der Waals surface area contributed by atoms with Crippen LogP contribution < -0.4 is 5.32 Å². The number of thioether (sulfide) groups is 1. The summed E-state index contributed by atoms with van der Waals surface area (Å²) >= 11 is 7.47. The van der Waals surface area contributed by atoms with E-state index in [0.717, 1.165) is 29.6 Å². The molecule has 2 heterocycles. The van der Waals surface area contributed by atoms with E-state index in [4.69, 9.17) is 11.6 Å². The van der Waals surface area contributed by atoms with E-state index in [1.165, 1.54) is 30.6 Å². The average Bonchev–Trinajstić information content (AvgIpc) is 2.95. The van der Waals surface area contributed by atoms with Crippen molar-refractivity contribution in [3.05, 3.63) is 11.1 Å². The minimum absolute atomic E-state index is 0.257. The number of amides is 3. The number of imide groups is 1. The van der Waals surface area contributed by atoms with Gasteiger partial charge in [-0.15, -0.1) is 0 Å². The fourth-order valence-corrected chi connectivity index (χ4v) is 4.35. The monoisotopic (exact) mass is 400 g/mol. The Bertz CT molecular complexity index is 578. The van der Waals surface area contributed by atoms with Crippen LogP contribution in [0.4, 0.5) is 4.79 Å². The predicted octanol–water partition coefficient (Wildman–Crippen LogP) is 3.77. The minimum Gasteiger partial charge on any atom is -0.336 e. The molecule has 0 radical (unpaired) electrons. The van der Waals surface area contributed by atoms with Gasteiger partial charge in [-0.2, -0.15) is 0 Å². The summed E-state index contributed by atoms with van der Waals surface area (Å²) in [6.45, 7) is 4.82. The molecule has 0 aromatic rings. The molecule has 2 rings (SSSR count). The van der Waals surface area contributed by atoms with Gasteiger partial charge in [0.2, 0.25) is 0 Å². The van der Waals surface area contributed by atoms with Gasteiger partial charge in [0.1, 0.15) is 0 Å². The van der Waals surface area contributed by atoms with Gasteiger partial charge in [-0.25, -0.2) is 9.79 Å². The molecule has 6 nitrogen and oxygen atoms in total. The van der Waals surface area contributed by atoms with Crippen LogP contribution in [0.1, 0.15) is 52.4 Å². The highest BCUT2D eigenvalue weighted by molar-refractivity contribution is 8.13. The van der Waals surface area contributed by atoms with Crippen molar-refractivity contribution in [1.29, 1.82) is 0 Å². The topological polar surface area (TPSA) is 65.0 Å². The summed E-state index contributed by atoms with van der Waals surface area (Å²) in [6, 6.07) is -0.820. The Kier molecular flexibility index (Phi) is 8.28. The van der Waals surface area contributed by atoms with E-state index in [1.807, 2.05) is 13.0 Å². The van der Waals surface area contributed by atoms with Crippen LogP contribution in [-0.4, -0.2) is 58.5 Å². The number of nitrogens with one attached hydrogen (secondary N) is 1. The van der Waals surface area contributed by atoms with E-state index in [9.17, 15) is 9.59 Å². The largest absolute Gasteiger partial charge is 0.336 e. The van der Waals surface area contributed by atoms with Crippen LogP contribution in [0.15, 0.2) is 16.1 Å². The zero-order valence-electron chi connectivity index (χ0n) is 15.8. The number of aliphatic imine (C=N–C) groups is 1. The number of rotatable bonds is 9. The molecule has 2 aliphatic rings. The Balaban J connectivity index is 2.02. The highest BCUT2D eigenvalue weighted by Gasteiger charge is 2.48. The fourth-order valence-electron chi connectivity index (χ4n) is 3.15. The number of hydrogen-bond acceptors (Lipinski definition) is 5. The number of hydrogen-bond donors (Lipinski definition) is 1. The molecule has 0 aromatic heterocycles. The van der Waals surface area contributed by atoms with Crippen LogP contribution in [0.3, 0.4) is 0 Å². The molecule has 1 fully saturated rings. The Morgan fingerprint density at radius 1 is 1.27 bits per heavy atom. The molecule has 0 spiro atoms. The Labute approximate surface area is 165 Å². The van der Waals surface area contributed by atoms with Gasteiger partial charge >= 0.3 is 6.03 Å². The Morgan fingerprint density at radius 3 is 2.65 bits per heavy atom. The molecule has 1 saturated heterocycles. The quantitative estimate of drug-likeness (QED) is 0.598. The number of nitrogens with zero attached hydrogens (tertiary/aromatic N) is 3. The highest BCUT2D eigenvalue weighted by Crippen LogP contribution is 2.29. The third-order valence-electron chi connectivity index (χ3n) is 4.65. The third-order valence-corrected chi connectivity index (χ3v) is 5.74. The van der Waals surface area contributed by atoms with Crippen LogP contribution >= 0.6 is 23.4 Å². The first kappa shape index (κ1) is 21.1. The number of amidine groups is 1. The van der Waals surface area contributed by atoms with Crippen LogP contribution in [-0.2, 0) is 4.79 Å². The number of allylic oxidation sites excluding steroid dienone is 1. The summed E-state index contributed by atoms with van der Waals surface area (Å²) in [4.78, 5) is 32.6. The number of urea groups is 1. The molecule has 8 heteroatoms. The van der Waals surface area contributed by atoms with Gasteiger partial charge in [0.15, 0.2) is 17.4 Å². The lowest BCUT2D eigenvalue weighted by Crippen LogP contribution is -2.63. The second kappa shape index (κ2) is 10.2. The molecule has 2 aliphatic heterocycles. The van der Waals surface area contributed by atoms with Gasteiger partial charge in [-0.05, 0) is 13.3 Å². The van der Waals surface area contributed by atoms with Crippen molar-refractivity contribution in [3.63, 3.8) is 0 Å². The van der Waals surface area contributed by atoms with Crippen molar-refractivity contribution in [2.45, 2.75) is 64.6 Å². The third kappa shape index (κ3) is 5.39. The molecule has 0 bridgehead atoms. The van der Waals surface area contributed by atoms with Gasteiger partial charge < -0.3 is 9.80 Å². The summed E-state index contributed by atoms with van der Waals surface area (Å²) in [5.41, 5.74) is 0. The Hall–Kier alpha value is -1.21. The lowest BCUT2D eigenvalue weighted by atomic mass is 10.1. The van der Waals surface area contributed by atoms with Gasteiger partial charge in [0.05, 0.1) is 0 Å². The van der Waals surface area contributed by atoms with Crippen LogP contribution in [0.5, 0.6) is 0 Å². The molecule has 1 N–H and O–H groups in total. The van der Waals surface area contributed by atoms with Crippen LogP contribution in [0, 0.1) is 0 Å². The smallest absolute Gasteiger partial charge is 0.325 e. The minimum atomic E-state index is -0.445. The maximum Gasteiger partial charge on any atom is 0.325 e. The molecule has 0 saturated carbocycles. The normalized spacial score (nSPS) is 23.2. The number of carbonyl (C=O) groups excluding carboxylic acids is 2. The van der Waals surface area contributed by atoms with Gasteiger partial charge in [-0.3, -0.25) is 10.1 Å². The second-order valence-corrected chi connectivity index (χ2v) is 8.32.